The van der Waals surface area contributed by atoms with Gasteiger partial charge in [-0.15, -0.1) is 34.5 Å². The molecule has 0 unspecified atom stereocenters. The quantitative estimate of drug-likeness (QED) is 0.0171. The van der Waals surface area contributed by atoms with Crippen molar-refractivity contribution in [2.45, 2.75) is 57.2 Å². The Kier molecular flexibility index (Phi) is 21.3. The zero-order valence-electron chi connectivity index (χ0n) is 46.5. The predicted octanol–water partition coefficient (Wildman–Crippen LogP) is 8.18. The molecular formula is C58H66Cl2N9O13PS. The maximum atomic E-state index is 14.7. The van der Waals surface area contributed by atoms with Crippen LogP contribution in [0.2, 0.25) is 0 Å². The topological polar surface area (TPSA) is 298 Å². The van der Waals surface area contributed by atoms with Gasteiger partial charge in [0.05, 0.1) is 33.8 Å². The Bertz CT molecular complexity index is 3410. The Morgan fingerprint density at radius 3 is 1.86 bits per heavy atom. The van der Waals surface area contributed by atoms with Gasteiger partial charge in [-0.25, -0.2) is 14.4 Å². The van der Waals surface area contributed by atoms with E-state index in [1.807, 2.05) is 36.4 Å². The van der Waals surface area contributed by atoms with Crippen LogP contribution in [0.5, 0.6) is 11.5 Å². The molecule has 22 nitrogen and oxygen atoms in total. The Hall–Kier alpha value is -7.34. The molecule has 9 N–H and O–H groups in total. The minimum atomic E-state index is -2.77. The first-order valence-electron chi connectivity index (χ1n) is 27.0. The number of urea groups is 1. The van der Waals surface area contributed by atoms with E-state index in [0.29, 0.717) is 39.8 Å². The lowest BCUT2D eigenvalue weighted by Gasteiger charge is -2.25. The van der Waals surface area contributed by atoms with E-state index >= 15 is 0 Å². The summed E-state index contributed by atoms with van der Waals surface area (Å²) in [6.45, 7) is 4.40. The molecule has 0 saturated heterocycles. The number of rotatable bonds is 24. The second-order valence-corrected chi connectivity index (χ2v) is 22.9. The normalized spacial score (nSPS) is 15.1. The summed E-state index contributed by atoms with van der Waals surface area (Å²) in [6.07, 6.45) is -0.882. The van der Waals surface area contributed by atoms with E-state index in [-0.39, 0.29) is 116 Å². The van der Waals surface area contributed by atoms with E-state index in [2.05, 4.69) is 16.0 Å². The molecule has 3 heterocycles. The number of nitrogens with one attached hydrogen (secondary N) is 3. The van der Waals surface area contributed by atoms with Crippen molar-refractivity contribution >= 4 is 124 Å². The summed E-state index contributed by atoms with van der Waals surface area (Å²) in [5.74, 6) is -1.73. The van der Waals surface area contributed by atoms with Gasteiger partial charge in [0, 0.05) is 106 Å². The first-order valence-corrected chi connectivity index (χ1v) is 30.0. The molecule has 0 aliphatic carbocycles. The number of benzene rings is 5. The summed E-state index contributed by atoms with van der Waals surface area (Å²) in [5, 5.41) is 10.7. The number of methoxy groups -OCH3 is 1. The summed E-state index contributed by atoms with van der Waals surface area (Å²) in [4.78, 5) is 120. The average molecular weight is 1230 g/mol. The molecule has 6 aromatic rings. The summed E-state index contributed by atoms with van der Waals surface area (Å²) in [5.41, 5.74) is 14.8. The monoisotopic (exact) mass is 1230 g/mol. The van der Waals surface area contributed by atoms with Gasteiger partial charge in [0.2, 0.25) is 11.8 Å². The fraction of sp³-hybridized carbons (Fsp3) is 0.362. The number of thiophene rings is 1. The molecule has 2 aliphatic rings. The highest BCUT2D eigenvalue weighted by atomic mass is 35.5. The van der Waals surface area contributed by atoms with Crippen LogP contribution in [0.15, 0.2) is 97.1 Å². The predicted molar refractivity (Wildman–Crippen MR) is 323 cm³/mol. The summed E-state index contributed by atoms with van der Waals surface area (Å²) >= 11 is 14.2. The van der Waals surface area contributed by atoms with Crippen LogP contribution in [0.3, 0.4) is 0 Å². The van der Waals surface area contributed by atoms with Crippen molar-refractivity contribution in [2.75, 3.05) is 86.9 Å². The number of hydrogen-bond donors (Lipinski definition) is 7. The third-order valence-corrected chi connectivity index (χ3v) is 16.7. The van der Waals surface area contributed by atoms with Crippen LogP contribution in [-0.4, -0.2) is 145 Å². The average Bonchev–Trinajstić information content (AvgIpc) is 1.72. The third kappa shape index (κ3) is 14.6. The smallest absolute Gasteiger partial charge is 0.415 e. The number of hydrogen-bond acceptors (Lipinski definition) is 15. The van der Waals surface area contributed by atoms with Crippen LogP contribution in [0, 0.1) is 5.92 Å². The van der Waals surface area contributed by atoms with Gasteiger partial charge in [0.1, 0.15) is 24.1 Å². The molecule has 0 radical (unpaired) electrons. The molecule has 5 aromatic carbocycles. The highest BCUT2D eigenvalue weighted by Gasteiger charge is 2.39. The summed E-state index contributed by atoms with van der Waals surface area (Å²) in [6, 6.07) is 25.2. The number of primary amides is 1. The lowest BCUT2D eigenvalue weighted by atomic mass is 9.95. The molecule has 2 aliphatic heterocycles. The van der Waals surface area contributed by atoms with Gasteiger partial charge in [-0.05, 0) is 70.5 Å². The van der Waals surface area contributed by atoms with Crippen LogP contribution in [0.25, 0.3) is 21.5 Å². The van der Waals surface area contributed by atoms with Crippen molar-refractivity contribution in [3.8, 4) is 11.5 Å². The molecule has 4 atom stereocenters. The van der Waals surface area contributed by atoms with Gasteiger partial charge in [0.15, 0.2) is 0 Å². The molecular weight excluding hydrogens is 1160 g/mol. The molecule has 446 valence electrons. The molecule has 0 saturated carbocycles. The number of likely N-dealkylation sites (N-methyl/N-ethyl adjacent to an activating group) is 1. The van der Waals surface area contributed by atoms with Crippen molar-refractivity contribution in [1.82, 2.24) is 20.4 Å². The van der Waals surface area contributed by atoms with Crippen molar-refractivity contribution in [2.24, 2.45) is 17.4 Å². The highest BCUT2D eigenvalue weighted by molar-refractivity contribution is 7.39. The van der Waals surface area contributed by atoms with Crippen molar-refractivity contribution < 1.29 is 62.1 Å². The molecule has 8 rings (SSSR count). The van der Waals surface area contributed by atoms with Gasteiger partial charge < -0.3 is 75.5 Å². The Balaban J connectivity index is 0.920. The van der Waals surface area contributed by atoms with Gasteiger partial charge in [-0.2, -0.15) is 0 Å². The zero-order valence-corrected chi connectivity index (χ0v) is 49.8. The minimum absolute atomic E-state index is 0.0174. The van der Waals surface area contributed by atoms with Crippen LogP contribution in [0.4, 0.5) is 31.4 Å². The molecule has 0 bridgehead atoms. The maximum Gasteiger partial charge on any atom is 0.415 e. The maximum absolute atomic E-state index is 14.7. The molecule has 1 aromatic heterocycles. The number of carbonyl (C=O) groups is 7. The lowest BCUT2D eigenvalue weighted by molar-refractivity contribution is -0.128. The summed E-state index contributed by atoms with van der Waals surface area (Å²) < 4.78 is 22.5. The van der Waals surface area contributed by atoms with E-state index in [1.165, 1.54) is 24.0 Å². The number of alkyl halides is 2. The lowest BCUT2D eigenvalue weighted by Crippen LogP contribution is -2.51. The molecule has 8 amide bonds. The number of nitrogens with zero attached hydrogens (tertiary/aromatic N) is 4. The van der Waals surface area contributed by atoms with E-state index in [1.54, 1.807) is 84.3 Å². The van der Waals surface area contributed by atoms with Crippen LogP contribution in [0.1, 0.15) is 74.6 Å². The Morgan fingerprint density at radius 2 is 1.32 bits per heavy atom. The standard InChI is InChI=1S/C58H66Cl2N9O13PS/c1-33(2)51(61)53(71)65-42(14-9-21-63-56(62)74)52(70)64-37-17-15-34(16-18-37)32-80-57(75)66(3)22-23-67(24-25-79-4)58(76)81-45-26-43-49(40-12-7-5-10-38(40)45)35(28-59)30-68(43)54(72)47-19-20-48(84-47)55(73)69-31-36(29-60)50-41-13-8-6-11-39(41)46(27-44(50)69)82-83(77)78/h5-8,10-13,15-20,26-27,33,35-36,42,51,77-78H,9,14,21-25,28-32,61H2,1-4H3,(H,64,70)(H,65,71)(H3,62,63,74)/t35-,36-,42+,51+/m1/s1. The number of carbonyl (C=O) groups excluding carboxylic acids is 7. The number of fused-ring (bicyclic) bond motifs is 6. The number of ether oxygens (including phenoxy) is 3. The molecule has 0 fully saturated rings. The van der Waals surface area contributed by atoms with Crippen molar-refractivity contribution in [3.05, 3.63) is 124 Å². The van der Waals surface area contributed by atoms with E-state index < -0.39 is 56.6 Å². The second-order valence-electron chi connectivity index (χ2n) is 20.5. The fourth-order valence-electron chi connectivity index (χ4n) is 10.1. The van der Waals surface area contributed by atoms with Gasteiger partial charge >= 0.3 is 26.8 Å². The Morgan fingerprint density at radius 1 is 0.762 bits per heavy atom. The largest absolute Gasteiger partial charge is 0.445 e. The number of nitrogens with two attached hydrogens (primary N) is 2. The summed E-state index contributed by atoms with van der Waals surface area (Å²) in [7, 11) is 0.249. The first-order chi connectivity index (χ1) is 40.3. The SMILES string of the molecule is COCCN(CCN(C)C(=O)OCc1ccc(NC(=O)[C@H](CCCNC(N)=O)NC(=O)[C@@H](N)C(C)C)cc1)C(=O)Oc1cc2c(c3ccccc13)[C@H](CCl)CN2C(=O)c1ccc(C(=O)N2C[C@@H](CCl)c3c2cc(OP(O)O)c2ccccc32)s1. The molecule has 84 heavy (non-hydrogen) atoms. The molecule has 26 heteroatoms. The van der Waals surface area contributed by atoms with Crippen LogP contribution in [-0.2, 0) is 25.7 Å². The highest BCUT2D eigenvalue weighted by Crippen LogP contribution is 2.49. The number of amides is 8. The van der Waals surface area contributed by atoms with Gasteiger partial charge in [-0.3, -0.25) is 19.2 Å². The van der Waals surface area contributed by atoms with Crippen LogP contribution < -0.4 is 46.5 Å². The van der Waals surface area contributed by atoms with E-state index in [0.717, 1.165) is 33.2 Å². The van der Waals surface area contributed by atoms with Gasteiger partial charge in [0.25, 0.3) is 11.8 Å². The zero-order chi connectivity index (χ0) is 60.4. The molecule has 0 spiro atoms. The fourth-order valence-corrected chi connectivity index (χ4v) is 11.8. The first kappa shape index (κ1) is 62.7. The minimum Gasteiger partial charge on any atom is -0.445 e. The van der Waals surface area contributed by atoms with E-state index in [9.17, 15) is 43.3 Å². The van der Waals surface area contributed by atoms with E-state index in [4.69, 9.17) is 53.4 Å². The number of anilines is 3. The van der Waals surface area contributed by atoms with Crippen LogP contribution >= 0.6 is 43.1 Å². The van der Waals surface area contributed by atoms with Crippen molar-refractivity contribution in [1.29, 1.82) is 0 Å². The third-order valence-electron chi connectivity index (χ3n) is 14.6. The second kappa shape index (κ2) is 28.5. The van der Waals surface area contributed by atoms with Gasteiger partial charge in [-0.1, -0.05) is 74.5 Å². The van der Waals surface area contributed by atoms with Crippen molar-refractivity contribution in [3.63, 3.8) is 0 Å². The number of halogens is 2. The Labute approximate surface area is 500 Å².